The number of carbonyl (C=O) groups is 1. The molecule has 140 valence electrons. The van der Waals surface area contributed by atoms with E-state index < -0.39 is 0 Å². The molecule has 0 radical (unpaired) electrons. The third-order valence-corrected chi connectivity index (χ3v) is 5.51. The Hall–Kier alpha value is -1.56. The maximum Gasteiger partial charge on any atom is 0.224 e. The molecule has 2 N–H and O–H groups in total. The molecule has 1 aliphatic rings. The summed E-state index contributed by atoms with van der Waals surface area (Å²) in [4.78, 5) is 20.0. The third kappa shape index (κ3) is 7.06. The molecule has 2 atom stereocenters. The van der Waals surface area contributed by atoms with E-state index >= 15 is 0 Å². The van der Waals surface area contributed by atoms with E-state index in [1.165, 1.54) is 11.3 Å². The molecule has 1 amide bonds. The number of amides is 1. The number of rotatable bonds is 7. The summed E-state index contributed by atoms with van der Waals surface area (Å²) in [7, 11) is 1.77. The molecule has 1 aromatic rings. The molecular formula is C19H32N4OS. The lowest BCUT2D eigenvalue weighted by molar-refractivity contribution is -0.132. The van der Waals surface area contributed by atoms with Crippen LogP contribution in [0.15, 0.2) is 22.5 Å². The van der Waals surface area contributed by atoms with Crippen molar-refractivity contribution in [1.29, 1.82) is 0 Å². The van der Waals surface area contributed by atoms with E-state index in [4.69, 9.17) is 0 Å². The van der Waals surface area contributed by atoms with Crippen molar-refractivity contribution in [1.82, 2.24) is 15.5 Å². The molecular weight excluding hydrogens is 332 g/mol. The number of hydrogen-bond donors (Lipinski definition) is 2. The summed E-state index contributed by atoms with van der Waals surface area (Å²) in [6.07, 6.45) is 3.97. The van der Waals surface area contributed by atoms with Gasteiger partial charge in [0.15, 0.2) is 5.96 Å². The molecule has 0 bridgehead atoms. The zero-order valence-corrected chi connectivity index (χ0v) is 16.6. The van der Waals surface area contributed by atoms with Gasteiger partial charge >= 0.3 is 0 Å². The SMILES string of the molecule is CN=C(NCCC(=O)N1CCCC(C)C1)NCC(C)Cc1cccs1. The second-order valence-electron chi connectivity index (χ2n) is 7.11. The summed E-state index contributed by atoms with van der Waals surface area (Å²) in [6.45, 7) is 7.78. The van der Waals surface area contributed by atoms with Crippen LogP contribution in [0.3, 0.4) is 0 Å². The van der Waals surface area contributed by atoms with Gasteiger partial charge in [-0.3, -0.25) is 9.79 Å². The van der Waals surface area contributed by atoms with Gasteiger partial charge in [0.2, 0.25) is 5.91 Å². The number of likely N-dealkylation sites (tertiary alicyclic amines) is 1. The molecule has 5 nitrogen and oxygen atoms in total. The van der Waals surface area contributed by atoms with Crippen molar-refractivity contribution in [3.05, 3.63) is 22.4 Å². The maximum atomic E-state index is 12.3. The lowest BCUT2D eigenvalue weighted by Crippen LogP contribution is -2.43. The average molecular weight is 365 g/mol. The molecule has 6 heteroatoms. The second kappa shape index (κ2) is 10.4. The summed E-state index contributed by atoms with van der Waals surface area (Å²) in [5, 5.41) is 8.74. The van der Waals surface area contributed by atoms with Gasteiger partial charge in [-0.05, 0) is 42.5 Å². The van der Waals surface area contributed by atoms with Crippen molar-refractivity contribution < 1.29 is 4.79 Å². The van der Waals surface area contributed by atoms with E-state index in [9.17, 15) is 4.79 Å². The molecule has 1 aliphatic heterocycles. The Bertz CT molecular complexity index is 544. The Morgan fingerprint density at radius 3 is 3.00 bits per heavy atom. The zero-order valence-electron chi connectivity index (χ0n) is 15.8. The van der Waals surface area contributed by atoms with E-state index in [0.717, 1.165) is 38.4 Å². The number of nitrogens with one attached hydrogen (secondary N) is 2. The van der Waals surface area contributed by atoms with Gasteiger partial charge in [-0.15, -0.1) is 11.3 Å². The fourth-order valence-corrected chi connectivity index (χ4v) is 4.07. The normalized spacial score (nSPS) is 19.6. The number of aliphatic imine (C=N–C) groups is 1. The van der Waals surface area contributed by atoms with Crippen LogP contribution >= 0.6 is 11.3 Å². The number of thiophene rings is 1. The number of guanidine groups is 1. The molecule has 2 rings (SSSR count). The fraction of sp³-hybridized carbons (Fsp3) is 0.684. The fourth-order valence-electron chi connectivity index (χ4n) is 3.20. The van der Waals surface area contributed by atoms with Gasteiger partial charge in [-0.25, -0.2) is 0 Å². The van der Waals surface area contributed by atoms with Crippen molar-refractivity contribution in [2.75, 3.05) is 33.2 Å². The Morgan fingerprint density at radius 2 is 2.32 bits per heavy atom. The summed E-state index contributed by atoms with van der Waals surface area (Å²) in [5.41, 5.74) is 0. The van der Waals surface area contributed by atoms with Gasteiger partial charge in [0.1, 0.15) is 0 Å². The van der Waals surface area contributed by atoms with Crippen LogP contribution in [0.2, 0.25) is 0 Å². The zero-order chi connectivity index (χ0) is 18.1. The van der Waals surface area contributed by atoms with Crippen molar-refractivity contribution in [3.63, 3.8) is 0 Å². The van der Waals surface area contributed by atoms with Gasteiger partial charge in [0.05, 0.1) is 0 Å². The monoisotopic (exact) mass is 364 g/mol. The minimum atomic E-state index is 0.251. The Balaban J connectivity index is 1.63. The van der Waals surface area contributed by atoms with Gasteiger partial charge < -0.3 is 15.5 Å². The van der Waals surface area contributed by atoms with Gasteiger partial charge in [0, 0.05) is 44.5 Å². The molecule has 1 fully saturated rings. The highest BCUT2D eigenvalue weighted by molar-refractivity contribution is 7.09. The molecule has 25 heavy (non-hydrogen) atoms. The third-order valence-electron chi connectivity index (χ3n) is 4.61. The molecule has 0 saturated carbocycles. The second-order valence-corrected chi connectivity index (χ2v) is 8.14. The van der Waals surface area contributed by atoms with Gasteiger partial charge in [0.25, 0.3) is 0 Å². The van der Waals surface area contributed by atoms with E-state index in [2.05, 4.69) is 47.0 Å². The van der Waals surface area contributed by atoms with Crippen LogP contribution < -0.4 is 10.6 Å². The highest BCUT2D eigenvalue weighted by Crippen LogP contribution is 2.16. The van der Waals surface area contributed by atoms with Crippen LogP contribution in [0.25, 0.3) is 0 Å². The van der Waals surface area contributed by atoms with Crippen LogP contribution in [0.4, 0.5) is 0 Å². The predicted molar refractivity (Wildman–Crippen MR) is 106 cm³/mol. The number of nitrogens with zero attached hydrogens (tertiary/aromatic N) is 2. The van der Waals surface area contributed by atoms with Crippen LogP contribution in [0.1, 0.15) is 38.0 Å². The maximum absolute atomic E-state index is 12.3. The standard InChI is InChI=1S/C19H32N4OS/c1-15-6-4-10-23(14-15)18(24)8-9-21-19(20-3)22-13-16(2)12-17-7-5-11-25-17/h5,7,11,15-16H,4,6,8-10,12-14H2,1-3H3,(H2,20,21,22). The van der Waals surface area contributed by atoms with Crippen molar-refractivity contribution in [2.45, 2.75) is 39.5 Å². The first kappa shape index (κ1) is 19.8. The lowest BCUT2D eigenvalue weighted by atomic mass is 10.00. The van der Waals surface area contributed by atoms with Crippen molar-refractivity contribution >= 4 is 23.2 Å². The molecule has 1 aromatic heterocycles. The minimum absolute atomic E-state index is 0.251. The van der Waals surface area contributed by atoms with Crippen LogP contribution in [-0.2, 0) is 11.2 Å². The van der Waals surface area contributed by atoms with Gasteiger partial charge in [-0.1, -0.05) is 19.9 Å². The first-order chi connectivity index (χ1) is 12.1. The summed E-state index contributed by atoms with van der Waals surface area (Å²) < 4.78 is 0. The first-order valence-corrected chi connectivity index (χ1v) is 10.2. The summed E-state index contributed by atoms with van der Waals surface area (Å²) >= 11 is 1.81. The quantitative estimate of drug-likeness (QED) is 0.578. The Morgan fingerprint density at radius 1 is 1.48 bits per heavy atom. The smallest absolute Gasteiger partial charge is 0.224 e. The number of hydrogen-bond acceptors (Lipinski definition) is 3. The first-order valence-electron chi connectivity index (χ1n) is 9.33. The number of piperidine rings is 1. The van der Waals surface area contributed by atoms with E-state index in [1.807, 2.05) is 4.90 Å². The topological polar surface area (TPSA) is 56.7 Å². The molecule has 0 spiro atoms. The predicted octanol–water partition coefficient (Wildman–Crippen LogP) is 2.74. The van der Waals surface area contributed by atoms with Crippen LogP contribution in [-0.4, -0.2) is 50.0 Å². The van der Waals surface area contributed by atoms with Gasteiger partial charge in [-0.2, -0.15) is 0 Å². The average Bonchev–Trinajstić information content (AvgIpc) is 3.10. The van der Waals surface area contributed by atoms with Crippen molar-refractivity contribution in [3.8, 4) is 0 Å². The Kier molecular flexibility index (Phi) is 8.25. The number of carbonyl (C=O) groups excluding carboxylic acids is 1. The molecule has 0 aromatic carbocycles. The Labute approximate surface area is 155 Å². The lowest BCUT2D eigenvalue weighted by Gasteiger charge is -2.31. The molecule has 0 aliphatic carbocycles. The minimum Gasteiger partial charge on any atom is -0.356 e. The molecule has 2 unspecified atom stereocenters. The van der Waals surface area contributed by atoms with E-state index in [-0.39, 0.29) is 5.91 Å². The summed E-state index contributed by atoms with van der Waals surface area (Å²) in [6, 6.07) is 4.28. The molecule has 1 saturated heterocycles. The van der Waals surface area contributed by atoms with Crippen molar-refractivity contribution in [2.24, 2.45) is 16.8 Å². The van der Waals surface area contributed by atoms with E-state index in [1.54, 1.807) is 18.4 Å². The van der Waals surface area contributed by atoms with Crippen LogP contribution in [0, 0.1) is 11.8 Å². The highest BCUT2D eigenvalue weighted by atomic mass is 32.1. The van der Waals surface area contributed by atoms with E-state index in [0.29, 0.717) is 24.8 Å². The van der Waals surface area contributed by atoms with Crippen LogP contribution in [0.5, 0.6) is 0 Å². The molecule has 2 heterocycles. The highest BCUT2D eigenvalue weighted by Gasteiger charge is 2.20. The summed E-state index contributed by atoms with van der Waals surface area (Å²) in [5.74, 6) is 2.19. The largest absolute Gasteiger partial charge is 0.356 e.